The monoisotopic (exact) mass is 507 g/mol. The number of methoxy groups -OCH3 is 1. The summed E-state index contributed by atoms with van der Waals surface area (Å²) in [4.78, 5) is 27.3. The summed E-state index contributed by atoms with van der Waals surface area (Å²) in [5.74, 6) is -0.856. The molecule has 0 saturated carbocycles. The zero-order valence-corrected chi connectivity index (χ0v) is 20.6. The molecule has 10 heteroatoms. The number of amides is 1. The molecule has 0 radical (unpaired) electrons. The van der Waals surface area contributed by atoms with Gasteiger partial charge in [-0.3, -0.25) is 4.79 Å². The zero-order valence-electron chi connectivity index (χ0n) is 18.3. The summed E-state index contributed by atoms with van der Waals surface area (Å²) in [5, 5.41) is 7.16. The maximum atomic E-state index is 12.9. The molecule has 0 aliphatic carbocycles. The molecular formula is C23H23Cl2N3O4S. The number of carbonyl (C=O) groups excluding carboxylic acids is 2. The Hall–Kier alpha value is -2.65. The number of ether oxygens (including phenoxy) is 2. The number of benzene rings is 2. The normalized spacial score (nSPS) is 15.8. The highest BCUT2D eigenvalue weighted by atomic mass is 35.5. The van der Waals surface area contributed by atoms with Gasteiger partial charge in [-0.2, -0.15) is 0 Å². The van der Waals surface area contributed by atoms with Gasteiger partial charge in [0.15, 0.2) is 5.11 Å². The SMILES string of the molecule is COCCOC(=O)C1=C(C)N(C)C(=S)NC1c1cccc(NC(=O)c2ccc(Cl)cc2Cl)c1. The van der Waals surface area contributed by atoms with E-state index in [0.29, 0.717) is 39.3 Å². The number of allylic oxidation sites excluding steroid dienone is 1. The first-order valence-electron chi connectivity index (χ1n) is 10.00. The Kier molecular flexibility index (Phi) is 8.31. The van der Waals surface area contributed by atoms with Crippen molar-refractivity contribution in [3.05, 3.63) is 74.9 Å². The van der Waals surface area contributed by atoms with Crippen molar-refractivity contribution in [2.75, 3.05) is 32.7 Å². The van der Waals surface area contributed by atoms with Crippen molar-refractivity contribution in [2.24, 2.45) is 0 Å². The van der Waals surface area contributed by atoms with Crippen molar-refractivity contribution in [3.63, 3.8) is 0 Å². The molecule has 33 heavy (non-hydrogen) atoms. The zero-order chi connectivity index (χ0) is 24.1. The molecule has 0 saturated heterocycles. The smallest absolute Gasteiger partial charge is 0.338 e. The van der Waals surface area contributed by atoms with Gasteiger partial charge in [0.1, 0.15) is 6.61 Å². The standard InChI is InChI=1S/C23H23Cl2N3O4S/c1-13-19(22(30)32-10-9-31-3)20(27-23(33)28(13)2)14-5-4-6-16(11-14)26-21(29)17-8-7-15(24)12-18(17)25/h4-8,11-12,20H,9-10H2,1-3H3,(H,26,29)(H,27,33). The van der Waals surface area contributed by atoms with Gasteiger partial charge in [-0.05, 0) is 55.0 Å². The van der Waals surface area contributed by atoms with Gasteiger partial charge in [-0.15, -0.1) is 0 Å². The van der Waals surface area contributed by atoms with Crippen LogP contribution in [0.2, 0.25) is 10.0 Å². The largest absolute Gasteiger partial charge is 0.460 e. The maximum Gasteiger partial charge on any atom is 0.338 e. The van der Waals surface area contributed by atoms with Crippen LogP contribution in [0.3, 0.4) is 0 Å². The number of carbonyl (C=O) groups is 2. The van der Waals surface area contributed by atoms with Crippen LogP contribution < -0.4 is 10.6 Å². The van der Waals surface area contributed by atoms with Crippen LogP contribution >= 0.6 is 35.4 Å². The number of halogens is 2. The Morgan fingerprint density at radius 2 is 1.94 bits per heavy atom. The molecule has 0 bridgehead atoms. The van der Waals surface area contributed by atoms with Crippen LogP contribution in [0.4, 0.5) is 5.69 Å². The van der Waals surface area contributed by atoms with Crippen LogP contribution in [-0.2, 0) is 14.3 Å². The van der Waals surface area contributed by atoms with Crippen LogP contribution in [0.5, 0.6) is 0 Å². The number of nitrogens with zero attached hydrogens (tertiary/aromatic N) is 1. The lowest BCUT2D eigenvalue weighted by atomic mass is 9.95. The molecule has 2 aromatic carbocycles. The molecule has 1 amide bonds. The van der Waals surface area contributed by atoms with Crippen LogP contribution in [-0.4, -0.2) is 49.3 Å². The Morgan fingerprint density at radius 1 is 1.18 bits per heavy atom. The first kappa shape index (κ1) is 25.0. The molecule has 2 N–H and O–H groups in total. The number of hydrogen-bond donors (Lipinski definition) is 2. The summed E-state index contributed by atoms with van der Waals surface area (Å²) in [6.07, 6.45) is 0. The third kappa shape index (κ3) is 5.83. The molecule has 0 aromatic heterocycles. The van der Waals surface area contributed by atoms with Gasteiger partial charge in [-0.25, -0.2) is 4.79 Å². The number of hydrogen-bond acceptors (Lipinski definition) is 5. The molecule has 2 aromatic rings. The van der Waals surface area contributed by atoms with E-state index in [-0.39, 0.29) is 17.5 Å². The molecule has 0 spiro atoms. The highest BCUT2D eigenvalue weighted by Crippen LogP contribution is 2.32. The van der Waals surface area contributed by atoms with Gasteiger partial charge >= 0.3 is 5.97 Å². The third-order valence-electron chi connectivity index (χ3n) is 5.15. The molecule has 3 rings (SSSR count). The minimum atomic E-state index is -0.556. The molecular weight excluding hydrogens is 485 g/mol. The second-order valence-corrected chi connectivity index (χ2v) is 8.50. The molecule has 0 fully saturated rings. The number of thiocarbonyl (C=S) groups is 1. The van der Waals surface area contributed by atoms with E-state index < -0.39 is 12.0 Å². The van der Waals surface area contributed by atoms with E-state index in [9.17, 15) is 9.59 Å². The summed E-state index contributed by atoms with van der Waals surface area (Å²) in [5.41, 5.74) is 2.65. The fourth-order valence-corrected chi connectivity index (χ4v) is 4.06. The quantitative estimate of drug-likeness (QED) is 0.322. The van der Waals surface area contributed by atoms with Crippen LogP contribution in [0.25, 0.3) is 0 Å². The van der Waals surface area contributed by atoms with Crippen molar-refractivity contribution in [3.8, 4) is 0 Å². The molecule has 1 aliphatic rings. The van der Waals surface area contributed by atoms with E-state index in [1.165, 1.54) is 13.2 Å². The number of esters is 1. The Balaban J connectivity index is 1.89. The molecule has 1 unspecified atom stereocenters. The van der Waals surface area contributed by atoms with Crippen LogP contribution in [0.1, 0.15) is 28.9 Å². The predicted octanol–water partition coefficient (Wildman–Crippen LogP) is 4.57. The van der Waals surface area contributed by atoms with Crippen LogP contribution in [0, 0.1) is 0 Å². The van der Waals surface area contributed by atoms with Crippen LogP contribution in [0.15, 0.2) is 53.7 Å². The van der Waals surface area contributed by atoms with Gasteiger partial charge in [0.05, 0.1) is 28.8 Å². The average Bonchev–Trinajstić information content (AvgIpc) is 2.77. The topological polar surface area (TPSA) is 79.9 Å². The summed E-state index contributed by atoms with van der Waals surface area (Å²) < 4.78 is 10.3. The maximum absolute atomic E-state index is 12.9. The summed E-state index contributed by atoms with van der Waals surface area (Å²) >= 11 is 17.5. The van der Waals surface area contributed by atoms with E-state index >= 15 is 0 Å². The van der Waals surface area contributed by atoms with Crippen molar-refractivity contribution in [1.82, 2.24) is 10.2 Å². The summed E-state index contributed by atoms with van der Waals surface area (Å²) in [7, 11) is 3.31. The number of nitrogens with one attached hydrogen (secondary N) is 2. The van der Waals surface area contributed by atoms with E-state index in [2.05, 4.69) is 10.6 Å². The van der Waals surface area contributed by atoms with E-state index in [1.807, 2.05) is 6.07 Å². The van der Waals surface area contributed by atoms with Crippen molar-refractivity contribution < 1.29 is 19.1 Å². The second kappa shape index (κ2) is 11.0. The lowest BCUT2D eigenvalue weighted by Gasteiger charge is -2.35. The molecule has 1 aliphatic heterocycles. The Morgan fingerprint density at radius 3 is 2.64 bits per heavy atom. The van der Waals surface area contributed by atoms with E-state index in [4.69, 9.17) is 44.9 Å². The first-order valence-corrected chi connectivity index (χ1v) is 11.2. The van der Waals surface area contributed by atoms with Gasteiger partial charge in [0.25, 0.3) is 5.91 Å². The van der Waals surface area contributed by atoms with Gasteiger partial charge in [0.2, 0.25) is 0 Å². The highest BCUT2D eigenvalue weighted by Gasteiger charge is 2.33. The second-order valence-electron chi connectivity index (χ2n) is 7.27. The molecule has 1 atom stereocenters. The summed E-state index contributed by atoms with van der Waals surface area (Å²) in [6.45, 7) is 2.23. The number of rotatable bonds is 7. The fourth-order valence-electron chi connectivity index (χ4n) is 3.31. The fraction of sp³-hybridized carbons (Fsp3) is 0.261. The minimum absolute atomic E-state index is 0.130. The third-order valence-corrected chi connectivity index (χ3v) is 6.09. The predicted molar refractivity (Wildman–Crippen MR) is 133 cm³/mol. The molecule has 174 valence electrons. The van der Waals surface area contributed by atoms with Crippen molar-refractivity contribution >= 4 is 58.1 Å². The molecule has 7 nitrogen and oxygen atoms in total. The van der Waals surface area contributed by atoms with E-state index in [0.717, 1.165) is 5.56 Å². The first-order chi connectivity index (χ1) is 15.7. The molecule has 1 heterocycles. The van der Waals surface area contributed by atoms with Crippen molar-refractivity contribution in [2.45, 2.75) is 13.0 Å². The lowest BCUT2D eigenvalue weighted by Crippen LogP contribution is -2.46. The lowest BCUT2D eigenvalue weighted by molar-refractivity contribution is -0.140. The van der Waals surface area contributed by atoms with Gasteiger partial charge < -0.3 is 25.0 Å². The van der Waals surface area contributed by atoms with Gasteiger partial charge in [0, 0.05) is 30.6 Å². The highest BCUT2D eigenvalue weighted by molar-refractivity contribution is 7.80. The van der Waals surface area contributed by atoms with E-state index in [1.54, 1.807) is 49.2 Å². The minimum Gasteiger partial charge on any atom is -0.460 e. The van der Waals surface area contributed by atoms with Crippen molar-refractivity contribution in [1.29, 1.82) is 0 Å². The van der Waals surface area contributed by atoms with Gasteiger partial charge in [-0.1, -0.05) is 35.3 Å². The average molecular weight is 508 g/mol. The summed E-state index contributed by atoms with van der Waals surface area (Å²) in [6, 6.07) is 11.2. The Bertz CT molecular complexity index is 1120. The number of anilines is 1. The Labute approximate surface area is 207 Å².